The summed E-state index contributed by atoms with van der Waals surface area (Å²) in [6, 6.07) is 7.97. The predicted octanol–water partition coefficient (Wildman–Crippen LogP) is 3.52. The average molecular weight is 259 g/mol. The largest absolute Gasteiger partial charge is 0.299 e. The minimum absolute atomic E-state index is 0.0364. The first-order chi connectivity index (χ1) is 6.09. The van der Waals surface area contributed by atoms with Crippen molar-refractivity contribution < 1.29 is 4.79 Å². The first-order valence-electron chi connectivity index (χ1n) is 4.02. The van der Waals surface area contributed by atoms with Gasteiger partial charge < -0.3 is 0 Å². The molecule has 0 fully saturated rings. The second kappa shape index (κ2) is 4.82. The molecule has 1 unspecified atom stereocenters. The smallest absolute Gasteiger partial charge is 0.142 e. The molecule has 0 aromatic heterocycles. The molecule has 0 aliphatic heterocycles. The molecular formula is C10H11BrOS. The molecule has 70 valence electrons. The van der Waals surface area contributed by atoms with Crippen LogP contribution in [0, 0.1) is 0 Å². The maximum Gasteiger partial charge on any atom is 0.142 e. The highest BCUT2D eigenvalue weighted by atomic mass is 79.9. The van der Waals surface area contributed by atoms with Gasteiger partial charge >= 0.3 is 0 Å². The average Bonchev–Trinajstić information content (AvgIpc) is 2.04. The van der Waals surface area contributed by atoms with E-state index >= 15 is 0 Å². The number of ketones is 1. The molecule has 0 saturated heterocycles. The Morgan fingerprint density at radius 2 is 2.23 bits per heavy atom. The summed E-state index contributed by atoms with van der Waals surface area (Å²) in [5, 5.41) is 0.0364. The van der Waals surface area contributed by atoms with E-state index in [0.29, 0.717) is 0 Å². The molecule has 1 nitrogen and oxygen atoms in total. The Kier molecular flexibility index (Phi) is 4.00. The highest BCUT2D eigenvalue weighted by Crippen LogP contribution is 2.25. The van der Waals surface area contributed by atoms with Crippen molar-refractivity contribution in [2.45, 2.75) is 24.0 Å². The molecule has 1 rings (SSSR count). The molecule has 0 amide bonds. The lowest BCUT2D eigenvalue weighted by atomic mass is 10.3. The Morgan fingerprint density at radius 3 is 2.77 bits per heavy atom. The lowest BCUT2D eigenvalue weighted by Crippen LogP contribution is -2.07. The third kappa shape index (κ3) is 3.53. The molecule has 1 aromatic carbocycles. The number of thioether (sulfide) groups is 1. The third-order valence-corrected chi connectivity index (χ3v) is 3.39. The van der Waals surface area contributed by atoms with Crippen LogP contribution in [0.15, 0.2) is 33.6 Å². The van der Waals surface area contributed by atoms with E-state index < -0.39 is 0 Å². The molecule has 0 bridgehead atoms. The van der Waals surface area contributed by atoms with Crippen molar-refractivity contribution in [2.75, 3.05) is 0 Å². The number of hydrogen-bond acceptors (Lipinski definition) is 2. The van der Waals surface area contributed by atoms with Gasteiger partial charge in [0.1, 0.15) is 5.78 Å². The van der Waals surface area contributed by atoms with Crippen molar-refractivity contribution in [1.29, 1.82) is 0 Å². The summed E-state index contributed by atoms with van der Waals surface area (Å²) in [6.07, 6.45) is 0. The molecule has 13 heavy (non-hydrogen) atoms. The molecule has 0 saturated carbocycles. The van der Waals surface area contributed by atoms with Crippen molar-refractivity contribution in [2.24, 2.45) is 0 Å². The Hall–Kier alpha value is -0.280. The quantitative estimate of drug-likeness (QED) is 0.772. The first kappa shape index (κ1) is 10.8. The number of benzene rings is 1. The monoisotopic (exact) mass is 258 g/mol. The van der Waals surface area contributed by atoms with Gasteiger partial charge in [-0.1, -0.05) is 22.0 Å². The van der Waals surface area contributed by atoms with Crippen molar-refractivity contribution in [3.05, 3.63) is 28.7 Å². The van der Waals surface area contributed by atoms with Gasteiger partial charge in [-0.2, -0.15) is 0 Å². The minimum atomic E-state index is 0.0364. The number of carbonyl (C=O) groups is 1. The van der Waals surface area contributed by atoms with Gasteiger partial charge in [-0.15, -0.1) is 11.8 Å². The fourth-order valence-electron chi connectivity index (χ4n) is 0.827. The minimum Gasteiger partial charge on any atom is -0.299 e. The Morgan fingerprint density at radius 1 is 1.54 bits per heavy atom. The summed E-state index contributed by atoms with van der Waals surface area (Å²) in [7, 11) is 0. The van der Waals surface area contributed by atoms with Crippen LogP contribution in [0.25, 0.3) is 0 Å². The third-order valence-electron chi connectivity index (χ3n) is 1.68. The normalized spacial score (nSPS) is 12.5. The zero-order valence-electron chi connectivity index (χ0n) is 7.58. The first-order valence-corrected chi connectivity index (χ1v) is 5.69. The van der Waals surface area contributed by atoms with Crippen molar-refractivity contribution in [1.82, 2.24) is 0 Å². The van der Waals surface area contributed by atoms with E-state index in [2.05, 4.69) is 15.9 Å². The predicted molar refractivity (Wildman–Crippen MR) is 60.1 cm³/mol. The van der Waals surface area contributed by atoms with Crippen LogP contribution in [0.5, 0.6) is 0 Å². The van der Waals surface area contributed by atoms with Gasteiger partial charge in [0.05, 0.1) is 5.25 Å². The number of rotatable bonds is 3. The summed E-state index contributed by atoms with van der Waals surface area (Å²) in [5.74, 6) is 0.213. The van der Waals surface area contributed by atoms with E-state index in [1.54, 1.807) is 18.7 Å². The van der Waals surface area contributed by atoms with Crippen LogP contribution in [-0.2, 0) is 4.79 Å². The molecular weight excluding hydrogens is 248 g/mol. The van der Waals surface area contributed by atoms with Crippen LogP contribution in [0.3, 0.4) is 0 Å². The highest BCUT2D eigenvalue weighted by molar-refractivity contribution is 9.10. The Balaban J connectivity index is 2.69. The van der Waals surface area contributed by atoms with Crippen LogP contribution in [-0.4, -0.2) is 11.0 Å². The lowest BCUT2D eigenvalue weighted by molar-refractivity contribution is -0.116. The molecule has 0 N–H and O–H groups in total. The van der Waals surface area contributed by atoms with Gasteiger partial charge in [-0.3, -0.25) is 4.79 Å². The summed E-state index contributed by atoms with van der Waals surface area (Å²) < 4.78 is 1.05. The van der Waals surface area contributed by atoms with Gasteiger partial charge in [-0.25, -0.2) is 0 Å². The van der Waals surface area contributed by atoms with Crippen molar-refractivity contribution in [3.8, 4) is 0 Å². The van der Waals surface area contributed by atoms with E-state index in [1.807, 2.05) is 31.2 Å². The molecule has 0 heterocycles. The number of carbonyl (C=O) groups excluding carboxylic acids is 1. The zero-order valence-corrected chi connectivity index (χ0v) is 9.98. The zero-order chi connectivity index (χ0) is 9.84. The van der Waals surface area contributed by atoms with Crippen molar-refractivity contribution >= 4 is 33.5 Å². The van der Waals surface area contributed by atoms with Gasteiger partial charge in [0.15, 0.2) is 0 Å². The SMILES string of the molecule is CC(=O)C(C)Sc1cccc(Br)c1. The molecule has 0 aliphatic carbocycles. The summed E-state index contributed by atoms with van der Waals surface area (Å²) in [6.45, 7) is 3.55. The second-order valence-electron chi connectivity index (χ2n) is 2.83. The summed E-state index contributed by atoms with van der Waals surface area (Å²) in [4.78, 5) is 12.1. The van der Waals surface area contributed by atoms with E-state index in [9.17, 15) is 4.79 Å². The van der Waals surface area contributed by atoms with Gasteiger partial charge in [0.2, 0.25) is 0 Å². The van der Waals surface area contributed by atoms with Gasteiger partial charge in [0.25, 0.3) is 0 Å². The van der Waals surface area contributed by atoms with E-state index in [1.165, 1.54) is 0 Å². The Bertz CT molecular complexity index is 312. The van der Waals surface area contributed by atoms with Crippen molar-refractivity contribution in [3.63, 3.8) is 0 Å². The maximum absolute atomic E-state index is 11.0. The fourth-order valence-corrected chi connectivity index (χ4v) is 2.30. The van der Waals surface area contributed by atoms with Gasteiger partial charge in [-0.05, 0) is 32.0 Å². The van der Waals surface area contributed by atoms with Crippen LogP contribution < -0.4 is 0 Å². The van der Waals surface area contributed by atoms with Crippen LogP contribution >= 0.6 is 27.7 Å². The lowest BCUT2D eigenvalue weighted by Gasteiger charge is -2.06. The molecule has 3 heteroatoms. The summed E-state index contributed by atoms with van der Waals surface area (Å²) >= 11 is 4.98. The van der Waals surface area contributed by atoms with E-state index in [4.69, 9.17) is 0 Å². The molecule has 1 aromatic rings. The second-order valence-corrected chi connectivity index (χ2v) is 5.16. The topological polar surface area (TPSA) is 17.1 Å². The van der Waals surface area contributed by atoms with Crippen LogP contribution in [0.1, 0.15) is 13.8 Å². The number of Topliss-reactive ketones (excluding diaryl/α,β-unsaturated/α-hetero) is 1. The maximum atomic E-state index is 11.0. The number of halogens is 1. The Labute approximate surface area is 91.0 Å². The van der Waals surface area contributed by atoms with Crippen LogP contribution in [0.2, 0.25) is 0 Å². The molecule has 0 radical (unpaired) electrons. The standard InChI is InChI=1S/C10H11BrOS/c1-7(12)8(2)13-10-5-3-4-9(11)6-10/h3-6,8H,1-2H3. The fraction of sp³-hybridized carbons (Fsp3) is 0.300. The molecule has 0 aliphatic rings. The van der Waals surface area contributed by atoms with E-state index in [-0.39, 0.29) is 11.0 Å². The highest BCUT2D eigenvalue weighted by Gasteiger charge is 2.08. The summed E-state index contributed by atoms with van der Waals surface area (Å²) in [5.41, 5.74) is 0. The number of hydrogen-bond donors (Lipinski definition) is 0. The van der Waals surface area contributed by atoms with Crippen LogP contribution in [0.4, 0.5) is 0 Å². The van der Waals surface area contributed by atoms with Gasteiger partial charge in [0, 0.05) is 9.37 Å². The molecule has 1 atom stereocenters. The molecule has 0 spiro atoms. The van der Waals surface area contributed by atoms with E-state index in [0.717, 1.165) is 9.37 Å².